The summed E-state index contributed by atoms with van der Waals surface area (Å²) in [4.78, 5) is 0. The van der Waals surface area contributed by atoms with Gasteiger partial charge in [0.05, 0.1) is 12.7 Å². The first-order chi connectivity index (χ1) is 9.16. The van der Waals surface area contributed by atoms with Crippen LogP contribution in [0.1, 0.15) is 24.8 Å². The SMILES string of the molecule is OCC1(Cc2c(F)cccc2Cl)CCOC1C1CC1. The van der Waals surface area contributed by atoms with E-state index in [4.69, 9.17) is 16.3 Å². The standard InChI is InChI=1S/C15H18ClFO2/c16-12-2-1-3-13(17)11(12)8-15(9-18)6-7-19-14(15)10-4-5-10/h1-3,10,14,18H,4-9H2. The molecule has 1 heterocycles. The molecule has 0 spiro atoms. The first kappa shape index (κ1) is 13.3. The van der Waals surface area contributed by atoms with Crippen LogP contribution in [-0.4, -0.2) is 24.4 Å². The van der Waals surface area contributed by atoms with Crippen LogP contribution in [0.5, 0.6) is 0 Å². The minimum absolute atomic E-state index is 0.0266. The summed E-state index contributed by atoms with van der Waals surface area (Å²) in [6.45, 7) is 0.673. The van der Waals surface area contributed by atoms with Crippen LogP contribution >= 0.6 is 11.6 Å². The second-order valence-electron chi connectivity index (χ2n) is 5.78. The molecule has 1 N–H and O–H groups in total. The first-order valence-electron chi connectivity index (χ1n) is 6.82. The Hall–Kier alpha value is -0.640. The van der Waals surface area contributed by atoms with E-state index in [-0.39, 0.29) is 23.9 Å². The third-order valence-electron chi connectivity index (χ3n) is 4.46. The van der Waals surface area contributed by atoms with Crippen LogP contribution in [0.15, 0.2) is 18.2 Å². The third-order valence-corrected chi connectivity index (χ3v) is 4.81. The summed E-state index contributed by atoms with van der Waals surface area (Å²) < 4.78 is 19.8. The molecule has 0 amide bonds. The molecule has 2 unspecified atom stereocenters. The summed E-state index contributed by atoms with van der Waals surface area (Å²) in [6.07, 6.45) is 3.58. The highest BCUT2D eigenvalue weighted by Crippen LogP contribution is 2.49. The predicted octanol–water partition coefficient (Wildman–Crippen LogP) is 3.20. The minimum Gasteiger partial charge on any atom is -0.396 e. The zero-order valence-corrected chi connectivity index (χ0v) is 11.5. The normalized spacial score (nSPS) is 30.8. The maximum Gasteiger partial charge on any atom is 0.127 e. The molecule has 1 aromatic carbocycles. The van der Waals surface area contributed by atoms with Crippen molar-refractivity contribution in [1.82, 2.24) is 0 Å². The smallest absolute Gasteiger partial charge is 0.127 e. The Balaban J connectivity index is 1.90. The summed E-state index contributed by atoms with van der Waals surface area (Å²) >= 11 is 6.11. The molecule has 1 aliphatic heterocycles. The highest BCUT2D eigenvalue weighted by atomic mass is 35.5. The number of hydrogen-bond donors (Lipinski definition) is 1. The lowest BCUT2D eigenvalue weighted by Gasteiger charge is -2.33. The molecule has 4 heteroatoms. The third kappa shape index (κ3) is 2.39. The molecule has 2 nitrogen and oxygen atoms in total. The van der Waals surface area contributed by atoms with E-state index in [1.165, 1.54) is 6.07 Å². The molecule has 2 fully saturated rings. The van der Waals surface area contributed by atoms with E-state index in [0.29, 0.717) is 29.5 Å². The van der Waals surface area contributed by atoms with E-state index in [2.05, 4.69) is 0 Å². The van der Waals surface area contributed by atoms with Crippen molar-refractivity contribution in [3.8, 4) is 0 Å². The van der Waals surface area contributed by atoms with E-state index in [1.807, 2.05) is 0 Å². The molecule has 3 rings (SSSR count). The Kier molecular flexibility index (Phi) is 3.54. The zero-order chi connectivity index (χ0) is 13.5. The lowest BCUT2D eigenvalue weighted by Crippen LogP contribution is -2.38. The van der Waals surface area contributed by atoms with Crippen molar-refractivity contribution in [2.24, 2.45) is 11.3 Å². The lowest BCUT2D eigenvalue weighted by molar-refractivity contribution is 0.000227. The van der Waals surface area contributed by atoms with Gasteiger partial charge >= 0.3 is 0 Å². The number of hydrogen-bond acceptors (Lipinski definition) is 2. The Morgan fingerprint density at radius 2 is 2.21 bits per heavy atom. The maximum absolute atomic E-state index is 13.9. The predicted molar refractivity (Wildman–Crippen MR) is 71.7 cm³/mol. The highest BCUT2D eigenvalue weighted by molar-refractivity contribution is 6.31. The van der Waals surface area contributed by atoms with Gasteiger partial charge in [0, 0.05) is 22.6 Å². The van der Waals surface area contributed by atoms with Gasteiger partial charge in [0.1, 0.15) is 5.82 Å². The molecular weight excluding hydrogens is 267 g/mol. The van der Waals surface area contributed by atoms with Crippen LogP contribution < -0.4 is 0 Å². The lowest BCUT2D eigenvalue weighted by atomic mass is 9.74. The number of benzene rings is 1. The molecular formula is C15H18ClFO2. The second kappa shape index (κ2) is 5.04. The first-order valence-corrected chi connectivity index (χ1v) is 7.19. The van der Waals surface area contributed by atoms with Gasteiger partial charge in [0.2, 0.25) is 0 Å². The van der Waals surface area contributed by atoms with Gasteiger partial charge in [0.25, 0.3) is 0 Å². The molecule has 1 aromatic rings. The molecule has 1 saturated heterocycles. The van der Waals surface area contributed by atoms with Crippen molar-refractivity contribution >= 4 is 11.6 Å². The summed E-state index contributed by atoms with van der Waals surface area (Å²) in [7, 11) is 0. The molecule has 1 saturated carbocycles. The van der Waals surface area contributed by atoms with Crippen LogP contribution in [0.3, 0.4) is 0 Å². The molecule has 0 aromatic heterocycles. The van der Waals surface area contributed by atoms with Crippen molar-refractivity contribution in [3.63, 3.8) is 0 Å². The molecule has 2 aliphatic rings. The molecule has 1 aliphatic carbocycles. The van der Waals surface area contributed by atoms with E-state index in [1.54, 1.807) is 12.1 Å². The van der Waals surface area contributed by atoms with Crippen LogP contribution in [0.4, 0.5) is 4.39 Å². The van der Waals surface area contributed by atoms with Crippen LogP contribution in [0.25, 0.3) is 0 Å². The summed E-state index contributed by atoms with van der Waals surface area (Å²) in [6, 6.07) is 4.73. The summed E-state index contributed by atoms with van der Waals surface area (Å²) in [5.74, 6) is 0.238. The molecule has 104 valence electrons. The fourth-order valence-corrected chi connectivity index (χ4v) is 3.44. The van der Waals surface area contributed by atoms with Crippen molar-refractivity contribution in [1.29, 1.82) is 0 Å². The quantitative estimate of drug-likeness (QED) is 0.920. The number of aliphatic hydroxyl groups excluding tert-OH is 1. The van der Waals surface area contributed by atoms with E-state index in [9.17, 15) is 9.50 Å². The van der Waals surface area contributed by atoms with Gasteiger partial charge in [0.15, 0.2) is 0 Å². The van der Waals surface area contributed by atoms with Crippen LogP contribution in [-0.2, 0) is 11.2 Å². The molecule has 19 heavy (non-hydrogen) atoms. The largest absolute Gasteiger partial charge is 0.396 e. The van der Waals surface area contributed by atoms with Gasteiger partial charge in [-0.2, -0.15) is 0 Å². The van der Waals surface area contributed by atoms with Gasteiger partial charge < -0.3 is 9.84 Å². The Labute approximate surface area is 117 Å². The highest BCUT2D eigenvalue weighted by Gasteiger charge is 2.51. The second-order valence-corrected chi connectivity index (χ2v) is 6.18. The Morgan fingerprint density at radius 1 is 1.42 bits per heavy atom. The number of ether oxygens (including phenoxy) is 1. The van der Waals surface area contributed by atoms with Gasteiger partial charge in [-0.15, -0.1) is 0 Å². The van der Waals surface area contributed by atoms with Gasteiger partial charge in [-0.1, -0.05) is 17.7 Å². The Bertz CT molecular complexity index is 455. The topological polar surface area (TPSA) is 29.5 Å². The summed E-state index contributed by atoms with van der Waals surface area (Å²) in [5.41, 5.74) is 0.141. The fourth-order valence-electron chi connectivity index (χ4n) is 3.21. The minimum atomic E-state index is -0.368. The fraction of sp³-hybridized carbons (Fsp3) is 0.600. The molecule has 0 bridgehead atoms. The van der Waals surface area contributed by atoms with Crippen LogP contribution in [0.2, 0.25) is 5.02 Å². The number of aliphatic hydroxyl groups is 1. The average molecular weight is 285 g/mol. The van der Waals surface area contributed by atoms with Crippen molar-refractivity contribution in [3.05, 3.63) is 34.6 Å². The number of rotatable bonds is 4. The monoisotopic (exact) mass is 284 g/mol. The van der Waals surface area contributed by atoms with Crippen molar-refractivity contribution in [2.75, 3.05) is 13.2 Å². The van der Waals surface area contributed by atoms with E-state index < -0.39 is 0 Å². The molecule has 0 radical (unpaired) electrons. The average Bonchev–Trinajstić information content (AvgIpc) is 3.15. The van der Waals surface area contributed by atoms with Gasteiger partial charge in [-0.05, 0) is 43.7 Å². The van der Waals surface area contributed by atoms with Crippen molar-refractivity contribution < 1.29 is 14.2 Å². The van der Waals surface area contributed by atoms with Gasteiger partial charge in [-0.25, -0.2) is 4.39 Å². The van der Waals surface area contributed by atoms with E-state index >= 15 is 0 Å². The maximum atomic E-state index is 13.9. The van der Waals surface area contributed by atoms with Gasteiger partial charge in [-0.3, -0.25) is 0 Å². The van der Waals surface area contributed by atoms with E-state index in [0.717, 1.165) is 19.3 Å². The zero-order valence-electron chi connectivity index (χ0n) is 10.7. The Morgan fingerprint density at radius 3 is 2.84 bits per heavy atom. The van der Waals surface area contributed by atoms with Crippen molar-refractivity contribution in [2.45, 2.75) is 31.8 Å². The summed E-state index contributed by atoms with van der Waals surface area (Å²) in [5, 5.41) is 10.3. The number of halogens is 2. The molecule has 2 atom stereocenters. The van der Waals surface area contributed by atoms with Crippen LogP contribution in [0, 0.1) is 17.2 Å².